The molecule has 1 heterocycles. The average Bonchev–Trinajstić information content (AvgIpc) is 2.65. The molecule has 1 aliphatic rings. The molecule has 0 aromatic rings. The van der Waals surface area contributed by atoms with E-state index < -0.39 is 0 Å². The minimum absolute atomic E-state index is 0.108. The molecule has 1 aliphatic heterocycles. The van der Waals surface area contributed by atoms with Crippen LogP contribution in [0.1, 0.15) is 40.0 Å². The maximum Gasteiger partial charge on any atom is 0.156 e. The van der Waals surface area contributed by atoms with Crippen LogP contribution >= 0.6 is 0 Å². The van der Waals surface area contributed by atoms with Crippen molar-refractivity contribution >= 4 is 0 Å². The lowest BCUT2D eigenvalue weighted by Crippen LogP contribution is -2.40. The number of methoxy groups -OCH3 is 1. The van der Waals surface area contributed by atoms with E-state index >= 15 is 0 Å². The summed E-state index contributed by atoms with van der Waals surface area (Å²) in [6, 6.07) is 0.703. The fraction of sp³-hybridized carbons (Fsp3) is 1.00. The molecule has 1 rings (SSSR count). The van der Waals surface area contributed by atoms with Crippen molar-refractivity contribution in [1.29, 1.82) is 0 Å². The maximum absolute atomic E-state index is 5.72. The van der Waals surface area contributed by atoms with Crippen LogP contribution in [0.3, 0.4) is 0 Å². The van der Waals surface area contributed by atoms with Crippen LogP contribution in [0.15, 0.2) is 0 Å². The molecule has 3 unspecified atom stereocenters. The Hall–Kier alpha value is -0.120. The zero-order chi connectivity index (χ0) is 10.6. The predicted octanol–water partition coefficient (Wildman–Crippen LogP) is 2.22. The molecule has 3 nitrogen and oxygen atoms in total. The summed E-state index contributed by atoms with van der Waals surface area (Å²) < 4.78 is 10.8. The molecule has 0 bridgehead atoms. The summed E-state index contributed by atoms with van der Waals surface area (Å²) in [5.74, 6) is 0. The Labute approximate surface area is 87.4 Å². The third kappa shape index (κ3) is 2.94. The van der Waals surface area contributed by atoms with Gasteiger partial charge in [-0.25, -0.2) is 0 Å². The van der Waals surface area contributed by atoms with Gasteiger partial charge in [0.15, 0.2) is 6.29 Å². The highest BCUT2D eigenvalue weighted by Crippen LogP contribution is 2.23. The van der Waals surface area contributed by atoms with Gasteiger partial charge in [-0.05, 0) is 33.1 Å². The van der Waals surface area contributed by atoms with Gasteiger partial charge in [0.2, 0.25) is 0 Å². The number of likely N-dealkylation sites (tertiary alicyclic amines) is 1. The first-order valence-electron chi connectivity index (χ1n) is 5.63. The van der Waals surface area contributed by atoms with Crippen molar-refractivity contribution in [1.82, 2.24) is 4.90 Å². The van der Waals surface area contributed by atoms with Crippen molar-refractivity contribution in [3.05, 3.63) is 0 Å². The van der Waals surface area contributed by atoms with E-state index in [1.807, 2.05) is 6.92 Å². The minimum Gasteiger partial charge on any atom is -0.356 e. The van der Waals surface area contributed by atoms with Gasteiger partial charge in [0.25, 0.3) is 0 Å². The van der Waals surface area contributed by atoms with E-state index in [0.717, 1.165) is 6.54 Å². The van der Waals surface area contributed by atoms with Crippen LogP contribution in [0, 0.1) is 0 Å². The van der Waals surface area contributed by atoms with E-state index in [4.69, 9.17) is 9.47 Å². The maximum atomic E-state index is 5.72. The molecule has 0 N–H and O–H groups in total. The molecule has 0 aromatic heterocycles. The van der Waals surface area contributed by atoms with E-state index in [-0.39, 0.29) is 12.5 Å². The Balaban J connectivity index is 2.38. The van der Waals surface area contributed by atoms with Crippen molar-refractivity contribution in [2.75, 3.05) is 13.7 Å². The molecular weight excluding hydrogens is 178 g/mol. The van der Waals surface area contributed by atoms with E-state index in [1.165, 1.54) is 19.3 Å². The average molecular weight is 201 g/mol. The highest BCUT2D eigenvalue weighted by Gasteiger charge is 2.28. The third-order valence-corrected chi connectivity index (χ3v) is 3.08. The van der Waals surface area contributed by atoms with Gasteiger partial charge >= 0.3 is 0 Å². The minimum atomic E-state index is -0.108. The molecule has 0 radical (unpaired) electrons. The summed E-state index contributed by atoms with van der Waals surface area (Å²) in [7, 11) is 1.68. The first kappa shape index (κ1) is 12.0. The predicted molar refractivity (Wildman–Crippen MR) is 57.0 cm³/mol. The lowest BCUT2D eigenvalue weighted by molar-refractivity contribution is -0.183. The number of ether oxygens (including phenoxy) is 2. The Kier molecular flexibility index (Phi) is 4.85. The topological polar surface area (TPSA) is 21.7 Å². The zero-order valence-corrected chi connectivity index (χ0v) is 9.82. The van der Waals surface area contributed by atoms with Crippen molar-refractivity contribution in [3.8, 4) is 0 Å². The zero-order valence-electron chi connectivity index (χ0n) is 9.82. The van der Waals surface area contributed by atoms with Crippen molar-refractivity contribution in [2.45, 2.75) is 58.6 Å². The standard InChI is InChI=1S/C11H23NO2/c1-5-11-7-6-8-12(11)9(2)14-10(3)13-4/h9-11H,5-8H2,1-4H3. The highest BCUT2D eigenvalue weighted by molar-refractivity contribution is 4.78. The molecule has 0 aromatic carbocycles. The summed E-state index contributed by atoms with van der Waals surface area (Å²) >= 11 is 0. The molecule has 14 heavy (non-hydrogen) atoms. The molecule has 0 spiro atoms. The molecule has 3 heteroatoms. The summed E-state index contributed by atoms with van der Waals surface area (Å²) in [5.41, 5.74) is 0. The number of rotatable bonds is 5. The number of hydrogen-bond acceptors (Lipinski definition) is 3. The SMILES string of the molecule is CCC1CCCN1C(C)OC(C)OC. The van der Waals surface area contributed by atoms with Crippen LogP contribution in [-0.2, 0) is 9.47 Å². The Morgan fingerprint density at radius 1 is 1.43 bits per heavy atom. The van der Waals surface area contributed by atoms with Crippen LogP contribution in [0.5, 0.6) is 0 Å². The van der Waals surface area contributed by atoms with Gasteiger partial charge in [-0.1, -0.05) is 6.92 Å². The number of hydrogen-bond donors (Lipinski definition) is 0. The first-order valence-corrected chi connectivity index (χ1v) is 5.63. The molecule has 0 aliphatic carbocycles. The second-order valence-corrected chi connectivity index (χ2v) is 3.98. The molecule has 0 amide bonds. The molecule has 0 saturated carbocycles. The largest absolute Gasteiger partial charge is 0.356 e. The first-order chi connectivity index (χ1) is 6.69. The van der Waals surface area contributed by atoms with E-state index in [2.05, 4.69) is 18.7 Å². The van der Waals surface area contributed by atoms with Crippen molar-refractivity contribution in [2.24, 2.45) is 0 Å². The van der Waals surface area contributed by atoms with Crippen molar-refractivity contribution in [3.63, 3.8) is 0 Å². The van der Waals surface area contributed by atoms with Gasteiger partial charge in [-0.2, -0.15) is 0 Å². The molecule has 1 fully saturated rings. The van der Waals surface area contributed by atoms with E-state index in [0.29, 0.717) is 6.04 Å². The van der Waals surface area contributed by atoms with E-state index in [9.17, 15) is 0 Å². The number of nitrogens with zero attached hydrogens (tertiary/aromatic N) is 1. The van der Waals surface area contributed by atoms with Crippen LogP contribution in [0.4, 0.5) is 0 Å². The summed E-state index contributed by atoms with van der Waals surface area (Å²) in [5, 5.41) is 0. The summed E-state index contributed by atoms with van der Waals surface area (Å²) in [6.07, 6.45) is 3.90. The Bertz CT molecular complexity index is 163. The van der Waals surface area contributed by atoms with E-state index in [1.54, 1.807) is 7.11 Å². The molecule has 1 saturated heterocycles. The van der Waals surface area contributed by atoms with Crippen LogP contribution in [0.25, 0.3) is 0 Å². The molecule has 84 valence electrons. The Morgan fingerprint density at radius 3 is 2.71 bits per heavy atom. The van der Waals surface area contributed by atoms with Gasteiger partial charge < -0.3 is 9.47 Å². The van der Waals surface area contributed by atoms with Crippen molar-refractivity contribution < 1.29 is 9.47 Å². The molecule has 3 atom stereocenters. The van der Waals surface area contributed by atoms with Crippen LogP contribution in [-0.4, -0.2) is 37.1 Å². The highest BCUT2D eigenvalue weighted by atomic mass is 16.7. The Morgan fingerprint density at radius 2 is 2.14 bits per heavy atom. The van der Waals surface area contributed by atoms with Crippen LogP contribution < -0.4 is 0 Å². The molecular formula is C11H23NO2. The second-order valence-electron chi connectivity index (χ2n) is 3.98. The third-order valence-electron chi connectivity index (χ3n) is 3.08. The smallest absolute Gasteiger partial charge is 0.156 e. The second kappa shape index (κ2) is 5.69. The van der Waals surface area contributed by atoms with Gasteiger partial charge in [-0.15, -0.1) is 0 Å². The monoisotopic (exact) mass is 201 g/mol. The lowest BCUT2D eigenvalue weighted by atomic mass is 10.2. The fourth-order valence-electron chi connectivity index (χ4n) is 2.19. The van der Waals surface area contributed by atoms with Gasteiger partial charge in [0.05, 0.1) is 0 Å². The lowest BCUT2D eigenvalue weighted by Gasteiger charge is -2.31. The van der Waals surface area contributed by atoms with Gasteiger partial charge in [0.1, 0.15) is 6.23 Å². The van der Waals surface area contributed by atoms with Gasteiger partial charge in [0, 0.05) is 19.7 Å². The fourth-order valence-corrected chi connectivity index (χ4v) is 2.19. The summed E-state index contributed by atoms with van der Waals surface area (Å²) in [6.45, 7) is 7.46. The quantitative estimate of drug-likeness (QED) is 0.637. The normalized spacial score (nSPS) is 27.9. The van der Waals surface area contributed by atoms with Crippen LogP contribution in [0.2, 0.25) is 0 Å². The summed E-state index contributed by atoms with van der Waals surface area (Å²) in [4.78, 5) is 2.44. The van der Waals surface area contributed by atoms with Gasteiger partial charge in [-0.3, -0.25) is 4.90 Å².